The Morgan fingerprint density at radius 2 is 2.22 bits per heavy atom. The van der Waals surface area contributed by atoms with Gasteiger partial charge in [-0.3, -0.25) is 0 Å². The maximum absolute atomic E-state index is 3.99. The summed E-state index contributed by atoms with van der Waals surface area (Å²) in [4.78, 5) is 7.99. The number of hydrogen-bond donors (Lipinski definition) is 1. The van der Waals surface area contributed by atoms with Crippen molar-refractivity contribution in [3.8, 4) is 0 Å². The summed E-state index contributed by atoms with van der Waals surface area (Å²) in [5.41, 5.74) is 0. The van der Waals surface area contributed by atoms with Gasteiger partial charge in [0.25, 0.3) is 0 Å². The van der Waals surface area contributed by atoms with Crippen LogP contribution in [0.25, 0.3) is 0 Å². The third kappa shape index (κ3) is 1.77. The Balaban J connectivity index is 0.000000810. The SMILES string of the molecule is CNCc1ncccn1.[HH]. The second kappa shape index (κ2) is 3.14. The van der Waals surface area contributed by atoms with Gasteiger partial charge < -0.3 is 5.32 Å². The average Bonchev–Trinajstić information content (AvgIpc) is 1.91. The van der Waals surface area contributed by atoms with Crippen molar-refractivity contribution in [2.45, 2.75) is 6.54 Å². The predicted octanol–water partition coefficient (Wildman–Crippen LogP) is 0.442. The second-order valence-electron chi connectivity index (χ2n) is 1.70. The number of rotatable bonds is 2. The molecule has 0 saturated heterocycles. The molecule has 0 atom stereocenters. The van der Waals surface area contributed by atoms with E-state index in [0.29, 0.717) is 0 Å². The topological polar surface area (TPSA) is 37.8 Å². The summed E-state index contributed by atoms with van der Waals surface area (Å²) < 4.78 is 0. The Kier molecular flexibility index (Phi) is 2.15. The molecule has 0 aliphatic carbocycles. The van der Waals surface area contributed by atoms with Gasteiger partial charge in [0.2, 0.25) is 0 Å². The lowest BCUT2D eigenvalue weighted by Gasteiger charge is -1.93. The first kappa shape index (κ1) is 6.16. The van der Waals surface area contributed by atoms with Crippen LogP contribution in [-0.4, -0.2) is 17.0 Å². The Labute approximate surface area is 55.6 Å². The Morgan fingerprint density at radius 1 is 1.56 bits per heavy atom. The van der Waals surface area contributed by atoms with Crippen molar-refractivity contribution in [1.82, 2.24) is 15.3 Å². The molecule has 0 saturated carbocycles. The molecular weight excluding hydrogens is 114 g/mol. The highest BCUT2D eigenvalue weighted by Crippen LogP contribution is 1.83. The van der Waals surface area contributed by atoms with E-state index in [4.69, 9.17) is 0 Å². The number of aromatic nitrogens is 2. The molecule has 1 aromatic heterocycles. The second-order valence-corrected chi connectivity index (χ2v) is 1.70. The fourth-order valence-electron chi connectivity index (χ4n) is 0.579. The lowest BCUT2D eigenvalue weighted by Crippen LogP contribution is -2.07. The van der Waals surface area contributed by atoms with Crippen molar-refractivity contribution >= 4 is 0 Å². The number of hydrogen-bond acceptors (Lipinski definition) is 3. The molecule has 0 spiro atoms. The van der Waals surface area contributed by atoms with Gasteiger partial charge in [0.1, 0.15) is 5.82 Å². The lowest BCUT2D eigenvalue weighted by molar-refractivity contribution is 0.758. The molecule has 0 aliphatic heterocycles. The van der Waals surface area contributed by atoms with E-state index in [-0.39, 0.29) is 1.43 Å². The molecule has 1 heterocycles. The van der Waals surface area contributed by atoms with Crippen LogP contribution in [0.3, 0.4) is 0 Å². The van der Waals surface area contributed by atoms with Gasteiger partial charge in [-0.2, -0.15) is 0 Å². The molecule has 9 heavy (non-hydrogen) atoms. The van der Waals surface area contributed by atoms with Crippen LogP contribution in [0.5, 0.6) is 0 Å². The van der Waals surface area contributed by atoms with Crippen LogP contribution in [0.15, 0.2) is 18.5 Å². The fourth-order valence-corrected chi connectivity index (χ4v) is 0.579. The summed E-state index contributed by atoms with van der Waals surface area (Å²) in [6.45, 7) is 0.737. The summed E-state index contributed by atoms with van der Waals surface area (Å²) >= 11 is 0. The third-order valence-electron chi connectivity index (χ3n) is 0.954. The molecule has 0 aliphatic rings. The van der Waals surface area contributed by atoms with Crippen LogP contribution in [0, 0.1) is 0 Å². The van der Waals surface area contributed by atoms with E-state index in [0.717, 1.165) is 12.4 Å². The zero-order chi connectivity index (χ0) is 6.53. The van der Waals surface area contributed by atoms with E-state index in [1.807, 2.05) is 7.05 Å². The van der Waals surface area contributed by atoms with Gasteiger partial charge in [-0.15, -0.1) is 0 Å². The van der Waals surface area contributed by atoms with Crippen molar-refractivity contribution < 1.29 is 1.43 Å². The van der Waals surface area contributed by atoms with Crippen LogP contribution < -0.4 is 5.32 Å². The average molecular weight is 125 g/mol. The molecule has 1 rings (SSSR count). The predicted molar refractivity (Wildman–Crippen MR) is 36.9 cm³/mol. The highest BCUT2D eigenvalue weighted by molar-refractivity contribution is 4.87. The minimum absolute atomic E-state index is 0. The van der Waals surface area contributed by atoms with E-state index in [2.05, 4.69) is 15.3 Å². The molecule has 0 unspecified atom stereocenters. The summed E-state index contributed by atoms with van der Waals surface area (Å²) in [6.07, 6.45) is 3.47. The molecule has 0 radical (unpaired) electrons. The van der Waals surface area contributed by atoms with Gasteiger partial charge in [0.15, 0.2) is 0 Å². The Bertz CT molecular complexity index is 166. The number of nitrogens with one attached hydrogen (secondary N) is 1. The van der Waals surface area contributed by atoms with Gasteiger partial charge in [-0.05, 0) is 13.1 Å². The molecule has 1 aromatic rings. The van der Waals surface area contributed by atoms with Crippen molar-refractivity contribution in [3.05, 3.63) is 24.3 Å². The summed E-state index contributed by atoms with van der Waals surface area (Å²) in [5.74, 6) is 0.833. The third-order valence-corrected chi connectivity index (χ3v) is 0.954. The normalized spacial score (nSPS) is 9.44. The summed E-state index contributed by atoms with van der Waals surface area (Å²) in [6, 6.07) is 1.80. The molecule has 3 nitrogen and oxygen atoms in total. The van der Waals surface area contributed by atoms with Gasteiger partial charge >= 0.3 is 0 Å². The first-order valence-corrected chi connectivity index (χ1v) is 2.84. The molecule has 0 bridgehead atoms. The van der Waals surface area contributed by atoms with Crippen molar-refractivity contribution in [2.75, 3.05) is 7.05 Å². The maximum atomic E-state index is 3.99. The molecule has 3 heteroatoms. The lowest BCUT2D eigenvalue weighted by atomic mass is 10.5. The van der Waals surface area contributed by atoms with Crippen molar-refractivity contribution in [3.63, 3.8) is 0 Å². The minimum atomic E-state index is 0. The van der Waals surface area contributed by atoms with Crippen LogP contribution in [0.1, 0.15) is 7.25 Å². The fraction of sp³-hybridized carbons (Fsp3) is 0.333. The highest BCUT2D eigenvalue weighted by atomic mass is 14.9. The van der Waals surface area contributed by atoms with E-state index in [9.17, 15) is 0 Å². The first-order valence-electron chi connectivity index (χ1n) is 2.84. The molecule has 1 N–H and O–H groups in total. The number of nitrogens with zero attached hydrogens (tertiary/aromatic N) is 2. The Morgan fingerprint density at radius 3 is 2.78 bits per heavy atom. The van der Waals surface area contributed by atoms with Crippen LogP contribution in [-0.2, 0) is 6.54 Å². The molecule has 50 valence electrons. The van der Waals surface area contributed by atoms with Crippen LogP contribution >= 0.6 is 0 Å². The van der Waals surface area contributed by atoms with Crippen molar-refractivity contribution in [2.24, 2.45) is 0 Å². The highest BCUT2D eigenvalue weighted by Gasteiger charge is 1.87. The zero-order valence-electron chi connectivity index (χ0n) is 5.33. The summed E-state index contributed by atoms with van der Waals surface area (Å²) in [7, 11) is 1.87. The van der Waals surface area contributed by atoms with Gasteiger partial charge in [0.05, 0.1) is 6.54 Å². The first-order chi connectivity index (χ1) is 4.43. The maximum Gasteiger partial charge on any atom is 0.141 e. The molecule has 0 aromatic carbocycles. The standard InChI is InChI=1S/C6H9N3.H2/c1-7-5-6-8-3-2-4-9-6;/h2-4,7H,5H2,1H3;1H. The van der Waals surface area contributed by atoms with Crippen LogP contribution in [0.2, 0.25) is 0 Å². The van der Waals surface area contributed by atoms with Crippen LogP contribution in [0.4, 0.5) is 0 Å². The van der Waals surface area contributed by atoms with E-state index < -0.39 is 0 Å². The van der Waals surface area contributed by atoms with Gasteiger partial charge in [0, 0.05) is 13.8 Å². The minimum Gasteiger partial charge on any atom is -0.313 e. The zero-order valence-corrected chi connectivity index (χ0v) is 5.33. The Hall–Kier alpha value is -0.960. The quantitative estimate of drug-likeness (QED) is 0.623. The smallest absolute Gasteiger partial charge is 0.141 e. The van der Waals surface area contributed by atoms with E-state index in [1.54, 1.807) is 18.5 Å². The van der Waals surface area contributed by atoms with Gasteiger partial charge in [-0.25, -0.2) is 9.97 Å². The van der Waals surface area contributed by atoms with Gasteiger partial charge in [-0.1, -0.05) is 0 Å². The molecule has 0 fully saturated rings. The monoisotopic (exact) mass is 125 g/mol. The van der Waals surface area contributed by atoms with E-state index in [1.165, 1.54) is 0 Å². The molecular formula is C6H11N3. The largest absolute Gasteiger partial charge is 0.313 e. The van der Waals surface area contributed by atoms with E-state index >= 15 is 0 Å². The summed E-state index contributed by atoms with van der Waals surface area (Å²) in [5, 5.41) is 2.96. The molecule has 0 amide bonds. The van der Waals surface area contributed by atoms with Crippen molar-refractivity contribution in [1.29, 1.82) is 0 Å².